The van der Waals surface area contributed by atoms with Gasteiger partial charge in [0.25, 0.3) is 0 Å². The largest absolute Gasteiger partial charge is 0.496 e. The van der Waals surface area contributed by atoms with Crippen LogP contribution in [0, 0.1) is 5.92 Å². The number of ether oxygens (including phenoxy) is 1. The van der Waals surface area contributed by atoms with Crippen molar-refractivity contribution in [2.45, 2.75) is 23.1 Å². The molecule has 16 heavy (non-hydrogen) atoms. The van der Waals surface area contributed by atoms with E-state index >= 15 is 0 Å². The monoisotopic (exact) mass is 278 g/mol. The van der Waals surface area contributed by atoms with Crippen molar-refractivity contribution in [3.8, 4) is 5.75 Å². The summed E-state index contributed by atoms with van der Waals surface area (Å²) in [5, 5.41) is 0. The Kier molecular flexibility index (Phi) is 2.36. The van der Waals surface area contributed by atoms with Gasteiger partial charge >= 0.3 is 0 Å². The molecular formula is C14H15BrO. The number of methoxy groups -OCH3 is 1. The summed E-state index contributed by atoms with van der Waals surface area (Å²) in [6.45, 7) is 0. The summed E-state index contributed by atoms with van der Waals surface area (Å²) in [4.78, 5) is 0.538. The van der Waals surface area contributed by atoms with Crippen LogP contribution >= 0.6 is 15.9 Å². The van der Waals surface area contributed by atoms with Gasteiger partial charge in [0.2, 0.25) is 0 Å². The summed E-state index contributed by atoms with van der Waals surface area (Å²) >= 11 is 3.87. The highest BCUT2D eigenvalue weighted by Gasteiger charge is 2.50. The van der Waals surface area contributed by atoms with Gasteiger partial charge in [-0.25, -0.2) is 0 Å². The highest BCUT2D eigenvalue weighted by atomic mass is 79.9. The number of rotatable bonds is 2. The van der Waals surface area contributed by atoms with Crippen LogP contribution < -0.4 is 4.74 Å². The van der Waals surface area contributed by atoms with E-state index in [0.717, 1.165) is 5.75 Å². The Morgan fingerprint density at radius 2 is 2.19 bits per heavy atom. The molecule has 2 aliphatic carbocycles. The molecule has 2 bridgehead atoms. The second-order valence-corrected chi connectivity index (χ2v) is 5.69. The van der Waals surface area contributed by atoms with Gasteiger partial charge < -0.3 is 4.74 Å². The van der Waals surface area contributed by atoms with Crippen LogP contribution in [0.5, 0.6) is 5.75 Å². The molecule has 0 aromatic heterocycles. The summed E-state index contributed by atoms with van der Waals surface area (Å²) in [6.07, 6.45) is 7.24. The lowest BCUT2D eigenvalue weighted by Gasteiger charge is -2.29. The molecule has 0 N–H and O–H groups in total. The normalized spacial score (nSPS) is 35.6. The van der Waals surface area contributed by atoms with Gasteiger partial charge in [0.1, 0.15) is 5.75 Å². The van der Waals surface area contributed by atoms with Gasteiger partial charge in [0.05, 0.1) is 7.11 Å². The molecule has 0 spiro atoms. The smallest absolute Gasteiger partial charge is 0.122 e. The van der Waals surface area contributed by atoms with Crippen LogP contribution in [-0.4, -0.2) is 11.9 Å². The fraction of sp³-hybridized carbons (Fsp3) is 0.429. The third-order valence-electron chi connectivity index (χ3n) is 4.01. The molecule has 3 rings (SSSR count). The second-order valence-electron chi connectivity index (χ2n) is 4.70. The molecule has 3 unspecified atom stereocenters. The van der Waals surface area contributed by atoms with Crippen LogP contribution in [0.2, 0.25) is 0 Å². The van der Waals surface area contributed by atoms with Crippen molar-refractivity contribution in [3.05, 3.63) is 42.0 Å². The van der Waals surface area contributed by atoms with E-state index in [1.807, 2.05) is 6.07 Å². The van der Waals surface area contributed by atoms with E-state index in [-0.39, 0.29) is 5.41 Å². The number of para-hydroxylation sites is 1. The Labute approximate surface area is 105 Å². The third kappa shape index (κ3) is 1.22. The summed E-state index contributed by atoms with van der Waals surface area (Å²) < 4.78 is 5.50. The zero-order chi connectivity index (χ0) is 11.2. The average Bonchev–Trinajstić information content (AvgIpc) is 2.84. The van der Waals surface area contributed by atoms with Crippen molar-refractivity contribution in [2.24, 2.45) is 5.92 Å². The molecule has 0 heterocycles. The van der Waals surface area contributed by atoms with Gasteiger partial charge in [-0.3, -0.25) is 0 Å². The second kappa shape index (κ2) is 3.63. The quantitative estimate of drug-likeness (QED) is 0.593. The van der Waals surface area contributed by atoms with Crippen LogP contribution in [0.4, 0.5) is 0 Å². The maximum Gasteiger partial charge on any atom is 0.122 e. The molecule has 0 saturated heterocycles. The van der Waals surface area contributed by atoms with Gasteiger partial charge in [-0.2, -0.15) is 0 Å². The maximum atomic E-state index is 5.50. The fourth-order valence-electron chi connectivity index (χ4n) is 3.14. The van der Waals surface area contributed by atoms with E-state index in [1.165, 1.54) is 18.4 Å². The highest BCUT2D eigenvalue weighted by molar-refractivity contribution is 9.09. The Hall–Kier alpha value is -0.760. The molecule has 0 aliphatic heterocycles. The van der Waals surface area contributed by atoms with E-state index in [1.54, 1.807) is 7.11 Å². The van der Waals surface area contributed by atoms with Crippen LogP contribution in [0.25, 0.3) is 0 Å². The predicted molar refractivity (Wildman–Crippen MR) is 69.3 cm³/mol. The molecule has 1 saturated carbocycles. The molecule has 1 aromatic rings. The van der Waals surface area contributed by atoms with E-state index in [0.29, 0.717) is 10.7 Å². The number of allylic oxidation sites excluding steroid dienone is 2. The molecule has 2 aliphatic rings. The van der Waals surface area contributed by atoms with Gasteiger partial charge in [-0.05, 0) is 24.8 Å². The lowest BCUT2D eigenvalue weighted by atomic mass is 9.79. The zero-order valence-corrected chi connectivity index (χ0v) is 10.9. The maximum absolute atomic E-state index is 5.50. The summed E-state index contributed by atoms with van der Waals surface area (Å²) in [6, 6.07) is 8.40. The Morgan fingerprint density at radius 1 is 1.38 bits per heavy atom. The van der Waals surface area contributed by atoms with Gasteiger partial charge in [-0.15, -0.1) is 0 Å². The van der Waals surface area contributed by atoms with Crippen LogP contribution in [0.1, 0.15) is 18.4 Å². The molecule has 1 aromatic carbocycles. The summed E-state index contributed by atoms with van der Waals surface area (Å²) in [5.74, 6) is 1.71. The summed E-state index contributed by atoms with van der Waals surface area (Å²) in [5.41, 5.74) is 1.49. The number of benzene rings is 1. The summed E-state index contributed by atoms with van der Waals surface area (Å²) in [7, 11) is 1.75. The number of hydrogen-bond donors (Lipinski definition) is 0. The minimum atomic E-state index is 0.164. The van der Waals surface area contributed by atoms with Gasteiger partial charge in [0, 0.05) is 15.8 Å². The predicted octanol–water partition coefficient (Wildman–Crippen LogP) is 3.68. The lowest BCUT2D eigenvalue weighted by Crippen LogP contribution is -2.27. The standard InChI is InChI=1S/C14H15BrO/c1-16-12-5-3-2-4-11(12)14-8-6-10(7-9-14)13(14)15/h2-6,8,10,13H,7,9H2,1H3. The minimum absolute atomic E-state index is 0.164. The number of hydrogen-bond acceptors (Lipinski definition) is 1. The van der Waals surface area contributed by atoms with Crippen molar-refractivity contribution < 1.29 is 4.74 Å². The van der Waals surface area contributed by atoms with Gasteiger partial charge in [-0.1, -0.05) is 46.3 Å². The van der Waals surface area contributed by atoms with Crippen LogP contribution in [-0.2, 0) is 5.41 Å². The molecule has 0 amide bonds. The molecule has 1 nitrogen and oxygen atoms in total. The van der Waals surface area contributed by atoms with E-state index < -0.39 is 0 Å². The SMILES string of the molecule is COc1ccccc1C12C=CC(CC1)C2Br. The molecular weight excluding hydrogens is 264 g/mol. The van der Waals surface area contributed by atoms with Crippen LogP contribution in [0.3, 0.4) is 0 Å². The lowest BCUT2D eigenvalue weighted by molar-refractivity contribution is 0.398. The first kappa shape index (κ1) is 10.4. The Morgan fingerprint density at radius 3 is 2.75 bits per heavy atom. The highest BCUT2D eigenvalue weighted by Crippen LogP contribution is 2.56. The molecule has 84 valence electrons. The van der Waals surface area contributed by atoms with Crippen molar-refractivity contribution in [3.63, 3.8) is 0 Å². The molecule has 1 fully saturated rings. The Balaban J connectivity index is 2.13. The topological polar surface area (TPSA) is 9.23 Å². The van der Waals surface area contributed by atoms with Crippen LogP contribution in [0.15, 0.2) is 36.4 Å². The van der Waals surface area contributed by atoms with Crippen molar-refractivity contribution >= 4 is 15.9 Å². The van der Waals surface area contributed by atoms with E-state index in [2.05, 4.69) is 46.3 Å². The zero-order valence-electron chi connectivity index (χ0n) is 9.32. The van der Waals surface area contributed by atoms with E-state index in [4.69, 9.17) is 4.74 Å². The molecule has 0 radical (unpaired) electrons. The van der Waals surface area contributed by atoms with Gasteiger partial charge in [0.15, 0.2) is 0 Å². The average molecular weight is 279 g/mol. The van der Waals surface area contributed by atoms with Crippen molar-refractivity contribution in [2.75, 3.05) is 7.11 Å². The first-order chi connectivity index (χ1) is 7.78. The van der Waals surface area contributed by atoms with E-state index in [9.17, 15) is 0 Å². The van der Waals surface area contributed by atoms with Crippen molar-refractivity contribution in [1.82, 2.24) is 0 Å². The molecule has 3 atom stereocenters. The number of halogens is 1. The number of fused-ring (bicyclic) bond motifs is 2. The minimum Gasteiger partial charge on any atom is -0.496 e. The molecule has 2 heteroatoms. The first-order valence-electron chi connectivity index (χ1n) is 5.75. The fourth-order valence-corrected chi connectivity index (χ4v) is 4.21. The number of alkyl halides is 1. The Bertz CT molecular complexity index is 440. The first-order valence-corrected chi connectivity index (χ1v) is 6.66. The van der Waals surface area contributed by atoms with Crippen molar-refractivity contribution in [1.29, 1.82) is 0 Å². The third-order valence-corrected chi connectivity index (χ3v) is 5.50.